The van der Waals surface area contributed by atoms with Gasteiger partial charge in [0.2, 0.25) is 0 Å². The zero-order valence-corrected chi connectivity index (χ0v) is 16.6. The molecule has 0 radical (unpaired) electrons. The Kier molecular flexibility index (Phi) is 5.09. The molecule has 0 aliphatic heterocycles. The monoisotopic (exact) mass is 386 g/mol. The second-order valence-electron chi connectivity index (χ2n) is 7.00. The molecule has 1 aromatic heterocycles. The number of rotatable bonds is 5. The predicted octanol–water partition coefficient (Wildman–Crippen LogP) is 5.30. The third-order valence-corrected chi connectivity index (χ3v) is 5.16. The second-order valence-corrected chi connectivity index (χ2v) is 7.00. The van der Waals surface area contributed by atoms with Crippen molar-refractivity contribution in [2.24, 2.45) is 0 Å². The van der Waals surface area contributed by atoms with Crippen LogP contribution in [-0.2, 0) is 0 Å². The van der Waals surface area contributed by atoms with E-state index in [0.717, 1.165) is 28.2 Å². The fourth-order valence-electron chi connectivity index (χ4n) is 3.60. The Balaban J connectivity index is 1.92. The summed E-state index contributed by atoms with van der Waals surface area (Å²) >= 11 is 0. The molecule has 0 N–H and O–H groups in total. The van der Waals surface area contributed by atoms with Crippen molar-refractivity contribution in [3.63, 3.8) is 0 Å². The van der Waals surface area contributed by atoms with E-state index in [1.165, 1.54) is 0 Å². The lowest BCUT2D eigenvalue weighted by Crippen LogP contribution is -2.16. The summed E-state index contributed by atoms with van der Waals surface area (Å²) in [7, 11) is 3.27. The van der Waals surface area contributed by atoms with Gasteiger partial charge in [-0.05, 0) is 54.4 Å². The number of methoxy groups -OCH3 is 2. The van der Waals surface area contributed by atoms with Crippen LogP contribution >= 0.6 is 0 Å². The Morgan fingerprint density at radius 1 is 0.793 bits per heavy atom. The Hall–Kier alpha value is -3.53. The van der Waals surface area contributed by atoms with Crippen molar-refractivity contribution in [2.45, 2.75) is 12.8 Å². The van der Waals surface area contributed by atoms with E-state index < -0.39 is 0 Å². The highest BCUT2D eigenvalue weighted by Gasteiger charge is 2.22. The number of hydrogen-bond donors (Lipinski definition) is 0. The van der Waals surface area contributed by atoms with Crippen molar-refractivity contribution < 1.29 is 13.9 Å². The minimum absolute atomic E-state index is 0.0217. The highest BCUT2D eigenvalue weighted by molar-refractivity contribution is 5.78. The van der Waals surface area contributed by atoms with Gasteiger partial charge in [-0.15, -0.1) is 0 Å². The van der Waals surface area contributed by atoms with E-state index in [-0.39, 0.29) is 11.3 Å². The number of aryl methyl sites for hydroxylation is 1. The fraction of sp³-hybridized carbons (Fsp3) is 0.160. The van der Waals surface area contributed by atoms with Crippen molar-refractivity contribution in [3.8, 4) is 11.5 Å². The van der Waals surface area contributed by atoms with Gasteiger partial charge in [0.05, 0.1) is 25.9 Å². The average molecular weight is 386 g/mol. The van der Waals surface area contributed by atoms with Crippen molar-refractivity contribution >= 4 is 11.0 Å². The molecule has 1 heterocycles. The zero-order chi connectivity index (χ0) is 20.4. The summed E-state index contributed by atoms with van der Waals surface area (Å²) in [4.78, 5) is 13.4. The molecule has 0 saturated heterocycles. The first-order valence-electron chi connectivity index (χ1n) is 9.40. The molecule has 4 nitrogen and oxygen atoms in total. The van der Waals surface area contributed by atoms with Gasteiger partial charge in [0.25, 0.3) is 0 Å². The van der Waals surface area contributed by atoms with Gasteiger partial charge in [0.1, 0.15) is 17.1 Å². The van der Waals surface area contributed by atoms with Gasteiger partial charge < -0.3 is 13.9 Å². The maximum atomic E-state index is 13.4. The van der Waals surface area contributed by atoms with Crippen LogP contribution in [0.25, 0.3) is 11.0 Å². The van der Waals surface area contributed by atoms with Gasteiger partial charge in [0.15, 0.2) is 5.43 Å². The Labute approximate surface area is 169 Å². The molecule has 0 aliphatic rings. The van der Waals surface area contributed by atoms with Crippen LogP contribution in [-0.4, -0.2) is 14.2 Å². The van der Waals surface area contributed by atoms with Crippen LogP contribution < -0.4 is 14.9 Å². The van der Waals surface area contributed by atoms with Gasteiger partial charge in [-0.25, -0.2) is 0 Å². The smallest absolute Gasteiger partial charge is 0.196 e. The van der Waals surface area contributed by atoms with E-state index in [4.69, 9.17) is 13.9 Å². The van der Waals surface area contributed by atoms with E-state index in [1.807, 2.05) is 73.7 Å². The molecule has 0 atom stereocenters. The molecule has 4 aromatic rings. The molecular formula is C25H22O4. The normalized spacial score (nSPS) is 11.0. The summed E-state index contributed by atoms with van der Waals surface area (Å²) in [6.07, 6.45) is 1.58. The summed E-state index contributed by atoms with van der Waals surface area (Å²) < 4.78 is 16.4. The maximum Gasteiger partial charge on any atom is 0.196 e. The van der Waals surface area contributed by atoms with Crippen LogP contribution in [0.1, 0.15) is 28.2 Å². The lowest BCUT2D eigenvalue weighted by molar-refractivity contribution is 0.414. The fourth-order valence-corrected chi connectivity index (χ4v) is 3.60. The minimum atomic E-state index is -0.270. The number of hydrogen-bond acceptors (Lipinski definition) is 4. The van der Waals surface area contributed by atoms with E-state index in [9.17, 15) is 4.79 Å². The van der Waals surface area contributed by atoms with E-state index >= 15 is 0 Å². The van der Waals surface area contributed by atoms with Crippen molar-refractivity contribution in [1.29, 1.82) is 0 Å². The zero-order valence-electron chi connectivity index (χ0n) is 16.6. The Bertz CT molecular complexity index is 1140. The Morgan fingerprint density at radius 3 is 1.86 bits per heavy atom. The standard InChI is InChI=1S/C25H22O4/c1-16-4-13-23-21(14-16)25(26)22(15-29-23)24(17-5-9-19(27-2)10-6-17)18-7-11-20(28-3)12-8-18/h4-15,24H,1-3H3. The molecule has 0 spiro atoms. The van der Waals surface area contributed by atoms with Crippen LogP contribution in [0.2, 0.25) is 0 Å². The number of fused-ring (bicyclic) bond motifs is 1. The highest BCUT2D eigenvalue weighted by Crippen LogP contribution is 2.33. The quantitative estimate of drug-likeness (QED) is 0.467. The second kappa shape index (κ2) is 7.84. The van der Waals surface area contributed by atoms with Gasteiger partial charge in [-0.3, -0.25) is 4.79 Å². The van der Waals surface area contributed by atoms with Gasteiger partial charge in [0, 0.05) is 11.5 Å². The summed E-state index contributed by atoms with van der Waals surface area (Å²) in [5.74, 6) is 1.26. The molecule has 0 unspecified atom stereocenters. The molecule has 3 aromatic carbocycles. The number of benzene rings is 3. The predicted molar refractivity (Wildman–Crippen MR) is 114 cm³/mol. The van der Waals surface area contributed by atoms with Crippen LogP contribution in [0.4, 0.5) is 0 Å². The lowest BCUT2D eigenvalue weighted by atomic mass is 9.85. The largest absolute Gasteiger partial charge is 0.497 e. The first-order valence-corrected chi connectivity index (χ1v) is 9.40. The molecule has 29 heavy (non-hydrogen) atoms. The van der Waals surface area contributed by atoms with Crippen molar-refractivity contribution in [3.05, 3.63) is 105 Å². The van der Waals surface area contributed by atoms with Gasteiger partial charge in [-0.1, -0.05) is 35.9 Å². The highest BCUT2D eigenvalue weighted by atomic mass is 16.5. The summed E-state index contributed by atoms with van der Waals surface area (Å²) in [6.45, 7) is 1.97. The maximum absolute atomic E-state index is 13.4. The van der Waals surface area contributed by atoms with Gasteiger partial charge >= 0.3 is 0 Å². The first-order chi connectivity index (χ1) is 14.1. The lowest BCUT2D eigenvalue weighted by Gasteiger charge is -2.19. The Morgan fingerprint density at radius 2 is 1.34 bits per heavy atom. The summed E-state index contributed by atoms with van der Waals surface area (Å²) in [6, 6.07) is 21.2. The average Bonchev–Trinajstić information content (AvgIpc) is 2.77. The third kappa shape index (κ3) is 3.61. The van der Waals surface area contributed by atoms with Crippen LogP contribution in [0.15, 0.2) is 82.2 Å². The van der Waals surface area contributed by atoms with Crippen LogP contribution in [0.3, 0.4) is 0 Å². The van der Waals surface area contributed by atoms with Crippen molar-refractivity contribution in [1.82, 2.24) is 0 Å². The molecule has 4 heteroatoms. The third-order valence-electron chi connectivity index (χ3n) is 5.16. The van der Waals surface area contributed by atoms with Gasteiger partial charge in [-0.2, -0.15) is 0 Å². The molecule has 0 amide bonds. The molecular weight excluding hydrogens is 364 g/mol. The van der Waals surface area contributed by atoms with Crippen LogP contribution in [0.5, 0.6) is 11.5 Å². The number of ether oxygens (including phenoxy) is 2. The van der Waals surface area contributed by atoms with Crippen molar-refractivity contribution in [2.75, 3.05) is 14.2 Å². The van der Waals surface area contributed by atoms with Crippen LogP contribution in [0, 0.1) is 6.92 Å². The topological polar surface area (TPSA) is 48.7 Å². The molecule has 0 aliphatic carbocycles. The minimum Gasteiger partial charge on any atom is -0.497 e. The molecule has 146 valence electrons. The molecule has 0 saturated carbocycles. The summed E-state index contributed by atoms with van der Waals surface area (Å²) in [5, 5.41) is 0.592. The summed E-state index contributed by atoms with van der Waals surface area (Å²) in [5.41, 5.74) is 4.15. The first kappa shape index (κ1) is 18.8. The SMILES string of the molecule is COc1ccc(C(c2ccc(OC)cc2)c2coc3ccc(C)cc3c2=O)cc1. The molecule has 4 rings (SSSR count). The van der Waals surface area contributed by atoms with E-state index in [0.29, 0.717) is 16.5 Å². The molecule has 0 fully saturated rings. The van der Waals surface area contributed by atoms with E-state index in [2.05, 4.69) is 0 Å². The van der Waals surface area contributed by atoms with E-state index in [1.54, 1.807) is 20.5 Å². The molecule has 0 bridgehead atoms.